The molecule has 1 amide bonds. The molecule has 1 saturated heterocycles. The fourth-order valence-electron chi connectivity index (χ4n) is 2.31. The van der Waals surface area contributed by atoms with Gasteiger partial charge < -0.3 is 10.2 Å². The molecule has 0 spiro atoms. The van der Waals surface area contributed by atoms with Crippen molar-refractivity contribution in [2.75, 3.05) is 39.8 Å². The molecule has 0 atom stereocenters. The molecule has 0 radical (unpaired) electrons. The SMILES string of the molecule is CN(CC(=O)N1CCNCC1)S(=O)(=O)c1ccc(Cl)cc1[N+](=O)[O-]. The number of likely N-dealkylation sites (N-methyl/N-ethyl adjacent to an activating group) is 1. The van der Waals surface area contributed by atoms with E-state index >= 15 is 0 Å². The van der Waals surface area contributed by atoms with Crippen molar-refractivity contribution in [2.24, 2.45) is 0 Å². The largest absolute Gasteiger partial charge is 0.339 e. The summed E-state index contributed by atoms with van der Waals surface area (Å²) in [5.74, 6) is -0.348. The van der Waals surface area contributed by atoms with E-state index in [1.165, 1.54) is 13.1 Å². The number of carbonyl (C=O) groups excluding carboxylic acids is 1. The average molecular weight is 377 g/mol. The predicted octanol–water partition coefficient (Wildman–Crippen LogP) is 0.301. The molecule has 0 aromatic heterocycles. The van der Waals surface area contributed by atoms with E-state index in [4.69, 9.17) is 11.6 Å². The Hall–Kier alpha value is -1.75. The molecule has 24 heavy (non-hydrogen) atoms. The van der Waals surface area contributed by atoms with Crippen LogP contribution in [-0.2, 0) is 14.8 Å². The van der Waals surface area contributed by atoms with Crippen LogP contribution in [0.25, 0.3) is 0 Å². The second-order valence-electron chi connectivity index (χ2n) is 5.26. The molecule has 0 bridgehead atoms. The van der Waals surface area contributed by atoms with Crippen molar-refractivity contribution in [1.82, 2.24) is 14.5 Å². The van der Waals surface area contributed by atoms with E-state index in [9.17, 15) is 23.3 Å². The maximum Gasteiger partial charge on any atom is 0.290 e. The number of sulfonamides is 1. The number of halogens is 1. The molecule has 0 saturated carbocycles. The number of nitro benzene ring substituents is 1. The molecule has 11 heteroatoms. The van der Waals surface area contributed by atoms with Gasteiger partial charge in [0.05, 0.1) is 11.5 Å². The second kappa shape index (κ2) is 7.43. The number of hydrogen-bond acceptors (Lipinski definition) is 6. The zero-order valence-electron chi connectivity index (χ0n) is 12.9. The van der Waals surface area contributed by atoms with Crippen LogP contribution in [0.3, 0.4) is 0 Å². The summed E-state index contributed by atoms with van der Waals surface area (Å²) in [6.07, 6.45) is 0. The Morgan fingerprint density at radius 3 is 2.62 bits per heavy atom. The van der Waals surface area contributed by atoms with Crippen LogP contribution in [-0.4, -0.2) is 68.2 Å². The van der Waals surface area contributed by atoms with Crippen LogP contribution < -0.4 is 5.32 Å². The molecule has 1 N–H and O–H groups in total. The molecule has 132 valence electrons. The minimum absolute atomic E-state index is 0.0557. The summed E-state index contributed by atoms with van der Waals surface area (Å²) >= 11 is 5.70. The fourth-order valence-corrected chi connectivity index (χ4v) is 3.73. The molecular formula is C13H17ClN4O5S. The van der Waals surface area contributed by atoms with Crippen molar-refractivity contribution in [3.8, 4) is 0 Å². The Bertz CT molecular complexity index is 749. The van der Waals surface area contributed by atoms with Gasteiger partial charge in [-0.05, 0) is 12.1 Å². The van der Waals surface area contributed by atoms with E-state index in [1.807, 2.05) is 0 Å². The summed E-state index contributed by atoms with van der Waals surface area (Å²) in [5, 5.41) is 14.2. The van der Waals surface area contributed by atoms with Crippen molar-refractivity contribution >= 4 is 33.2 Å². The summed E-state index contributed by atoms with van der Waals surface area (Å²) in [6.45, 7) is 1.89. The number of nitrogens with one attached hydrogen (secondary N) is 1. The Labute approximate surface area is 144 Å². The fraction of sp³-hybridized carbons (Fsp3) is 0.462. The molecule has 0 aliphatic carbocycles. The van der Waals surface area contributed by atoms with Crippen LogP contribution in [0.4, 0.5) is 5.69 Å². The Morgan fingerprint density at radius 1 is 1.42 bits per heavy atom. The molecule has 1 aliphatic heterocycles. The van der Waals surface area contributed by atoms with Gasteiger partial charge in [0.2, 0.25) is 15.9 Å². The minimum Gasteiger partial charge on any atom is -0.339 e. The first-order valence-corrected chi connectivity index (χ1v) is 8.94. The van der Waals surface area contributed by atoms with Crippen LogP contribution in [0.5, 0.6) is 0 Å². The molecule has 1 aromatic rings. The third-order valence-corrected chi connectivity index (χ3v) is 5.72. The van der Waals surface area contributed by atoms with Gasteiger partial charge in [-0.2, -0.15) is 4.31 Å². The van der Waals surface area contributed by atoms with Crippen molar-refractivity contribution < 1.29 is 18.1 Å². The highest BCUT2D eigenvalue weighted by molar-refractivity contribution is 7.89. The van der Waals surface area contributed by atoms with Gasteiger partial charge in [-0.25, -0.2) is 8.42 Å². The minimum atomic E-state index is -4.20. The first kappa shape index (κ1) is 18.6. The molecule has 0 unspecified atom stereocenters. The third-order valence-electron chi connectivity index (χ3n) is 3.63. The van der Waals surface area contributed by atoms with Crippen LogP contribution >= 0.6 is 11.6 Å². The number of nitro groups is 1. The average Bonchev–Trinajstić information content (AvgIpc) is 2.55. The molecule has 1 aliphatic rings. The van der Waals surface area contributed by atoms with Crippen molar-refractivity contribution in [3.05, 3.63) is 33.3 Å². The van der Waals surface area contributed by atoms with E-state index in [2.05, 4.69) is 5.32 Å². The number of benzene rings is 1. The monoisotopic (exact) mass is 376 g/mol. The predicted molar refractivity (Wildman–Crippen MR) is 87.4 cm³/mol. The van der Waals surface area contributed by atoms with Crippen molar-refractivity contribution in [2.45, 2.75) is 4.90 Å². The van der Waals surface area contributed by atoms with E-state index < -0.39 is 25.5 Å². The highest BCUT2D eigenvalue weighted by Gasteiger charge is 2.31. The Morgan fingerprint density at radius 2 is 2.04 bits per heavy atom. The van der Waals surface area contributed by atoms with Gasteiger partial charge >= 0.3 is 0 Å². The summed E-state index contributed by atoms with van der Waals surface area (Å²) in [6, 6.07) is 3.30. The lowest BCUT2D eigenvalue weighted by Crippen LogP contribution is -2.49. The van der Waals surface area contributed by atoms with Crippen LogP contribution in [0.15, 0.2) is 23.1 Å². The van der Waals surface area contributed by atoms with Gasteiger partial charge in [-0.3, -0.25) is 14.9 Å². The summed E-state index contributed by atoms with van der Waals surface area (Å²) in [7, 11) is -2.98. The van der Waals surface area contributed by atoms with Gasteiger partial charge in [0.25, 0.3) is 5.69 Å². The Balaban J connectivity index is 2.23. The zero-order valence-corrected chi connectivity index (χ0v) is 14.5. The summed E-state index contributed by atoms with van der Waals surface area (Å²) in [4.78, 5) is 23.5. The van der Waals surface area contributed by atoms with Gasteiger partial charge in [0.15, 0.2) is 4.90 Å². The van der Waals surface area contributed by atoms with Crippen molar-refractivity contribution in [1.29, 1.82) is 0 Å². The van der Waals surface area contributed by atoms with Crippen molar-refractivity contribution in [3.63, 3.8) is 0 Å². The number of hydrogen-bond donors (Lipinski definition) is 1. The number of carbonyl (C=O) groups is 1. The zero-order chi connectivity index (χ0) is 17.9. The second-order valence-corrected chi connectivity index (χ2v) is 7.71. The number of amides is 1. The normalized spacial score (nSPS) is 15.5. The molecule has 1 fully saturated rings. The van der Waals surface area contributed by atoms with Gasteiger partial charge in [0.1, 0.15) is 0 Å². The topological polar surface area (TPSA) is 113 Å². The lowest BCUT2D eigenvalue weighted by atomic mass is 10.3. The van der Waals surface area contributed by atoms with Crippen LogP contribution in [0, 0.1) is 10.1 Å². The Kier molecular flexibility index (Phi) is 5.75. The van der Waals surface area contributed by atoms with Gasteiger partial charge in [0, 0.05) is 44.3 Å². The maximum atomic E-state index is 12.6. The van der Waals surface area contributed by atoms with Crippen LogP contribution in [0.2, 0.25) is 5.02 Å². The summed E-state index contributed by atoms with van der Waals surface area (Å²) in [5.41, 5.74) is -0.621. The first-order valence-electron chi connectivity index (χ1n) is 7.12. The van der Waals surface area contributed by atoms with Crippen LogP contribution in [0.1, 0.15) is 0 Å². The third kappa shape index (κ3) is 4.01. The number of rotatable bonds is 5. The van der Waals surface area contributed by atoms with Gasteiger partial charge in [-0.15, -0.1) is 0 Å². The highest BCUT2D eigenvalue weighted by Crippen LogP contribution is 2.29. The number of nitrogens with zero attached hydrogens (tertiary/aromatic N) is 3. The summed E-state index contributed by atoms with van der Waals surface area (Å²) < 4.78 is 26.0. The van der Waals surface area contributed by atoms with Gasteiger partial charge in [-0.1, -0.05) is 11.6 Å². The first-order chi connectivity index (χ1) is 11.2. The molecule has 2 rings (SSSR count). The quantitative estimate of drug-likeness (QED) is 0.584. The molecular weight excluding hydrogens is 360 g/mol. The van der Waals surface area contributed by atoms with E-state index in [-0.39, 0.29) is 17.5 Å². The maximum absolute atomic E-state index is 12.6. The highest BCUT2D eigenvalue weighted by atomic mass is 35.5. The molecule has 9 nitrogen and oxygen atoms in total. The van der Waals surface area contributed by atoms with E-state index in [1.54, 1.807) is 4.90 Å². The van der Waals surface area contributed by atoms with E-state index in [0.717, 1.165) is 16.4 Å². The number of piperazine rings is 1. The smallest absolute Gasteiger partial charge is 0.290 e. The molecule has 1 heterocycles. The molecule has 1 aromatic carbocycles. The standard InChI is InChI=1S/C13H17ClN4O5S/c1-16(9-13(19)17-6-4-15-5-7-17)24(22,23)12-3-2-10(14)8-11(12)18(20)21/h2-3,8,15H,4-7,9H2,1H3. The van der Waals surface area contributed by atoms with E-state index in [0.29, 0.717) is 26.2 Å². The lowest BCUT2D eigenvalue weighted by molar-refractivity contribution is -0.387. The lowest BCUT2D eigenvalue weighted by Gasteiger charge is -2.29.